The van der Waals surface area contributed by atoms with Gasteiger partial charge in [0.1, 0.15) is 4.75 Å². The highest BCUT2D eigenvalue weighted by Gasteiger charge is 2.33. The van der Waals surface area contributed by atoms with E-state index >= 15 is 0 Å². The molecule has 0 spiro atoms. The number of methoxy groups -OCH3 is 1. The predicted molar refractivity (Wildman–Crippen MR) is 64.2 cm³/mol. The second kappa shape index (κ2) is 5.21. The number of thioether (sulfide) groups is 1. The van der Waals surface area contributed by atoms with Crippen LogP contribution in [-0.4, -0.2) is 48.1 Å². The molecule has 0 amide bonds. The molecule has 0 aromatic heterocycles. The van der Waals surface area contributed by atoms with Crippen LogP contribution in [0, 0.1) is 0 Å². The van der Waals surface area contributed by atoms with Crippen molar-refractivity contribution in [3.05, 3.63) is 0 Å². The molecule has 0 bridgehead atoms. The van der Waals surface area contributed by atoms with Crippen molar-refractivity contribution in [1.82, 2.24) is 4.90 Å². The Morgan fingerprint density at radius 3 is 2.73 bits per heavy atom. The minimum absolute atomic E-state index is 0.124. The van der Waals surface area contributed by atoms with Crippen molar-refractivity contribution in [3.8, 4) is 0 Å². The van der Waals surface area contributed by atoms with Crippen LogP contribution < -0.4 is 0 Å². The summed E-state index contributed by atoms with van der Waals surface area (Å²) in [6.07, 6.45) is 2.43. The molecule has 1 aliphatic heterocycles. The third-order valence-corrected chi connectivity index (χ3v) is 4.19. The fourth-order valence-corrected chi connectivity index (χ4v) is 3.55. The van der Waals surface area contributed by atoms with Gasteiger partial charge in [0, 0.05) is 11.8 Å². The SMILES string of the molecule is COC(=O)C(C)(C)SC1CCCN(C)C1. The molecule has 1 heterocycles. The van der Waals surface area contributed by atoms with Crippen LogP contribution in [0.4, 0.5) is 0 Å². The second-order valence-electron chi connectivity index (χ2n) is 4.65. The average Bonchev–Trinajstić information content (AvgIpc) is 2.15. The van der Waals surface area contributed by atoms with E-state index in [0.717, 1.165) is 6.54 Å². The maximum absolute atomic E-state index is 11.5. The molecule has 15 heavy (non-hydrogen) atoms. The van der Waals surface area contributed by atoms with Gasteiger partial charge in [0.15, 0.2) is 0 Å². The van der Waals surface area contributed by atoms with Gasteiger partial charge in [-0.3, -0.25) is 4.79 Å². The first-order valence-electron chi connectivity index (χ1n) is 5.40. The molecule has 4 heteroatoms. The zero-order valence-electron chi connectivity index (χ0n) is 10.1. The first-order valence-corrected chi connectivity index (χ1v) is 6.28. The van der Waals surface area contributed by atoms with Gasteiger partial charge in [0.05, 0.1) is 7.11 Å². The number of carbonyl (C=O) groups is 1. The van der Waals surface area contributed by atoms with Gasteiger partial charge in [-0.05, 0) is 40.3 Å². The van der Waals surface area contributed by atoms with E-state index in [1.165, 1.54) is 26.5 Å². The van der Waals surface area contributed by atoms with Crippen LogP contribution in [0.2, 0.25) is 0 Å². The van der Waals surface area contributed by atoms with Crippen molar-refractivity contribution < 1.29 is 9.53 Å². The van der Waals surface area contributed by atoms with E-state index in [0.29, 0.717) is 5.25 Å². The number of esters is 1. The van der Waals surface area contributed by atoms with Crippen LogP contribution in [0.1, 0.15) is 26.7 Å². The molecule has 0 aromatic rings. The third-order valence-electron chi connectivity index (χ3n) is 2.72. The highest BCUT2D eigenvalue weighted by Crippen LogP contribution is 2.33. The number of nitrogens with zero attached hydrogens (tertiary/aromatic N) is 1. The normalized spacial score (nSPS) is 23.9. The van der Waals surface area contributed by atoms with E-state index in [2.05, 4.69) is 11.9 Å². The summed E-state index contributed by atoms with van der Waals surface area (Å²) in [4.78, 5) is 13.9. The van der Waals surface area contributed by atoms with E-state index in [4.69, 9.17) is 4.74 Å². The second-order valence-corrected chi connectivity index (χ2v) is 6.57. The van der Waals surface area contributed by atoms with Crippen molar-refractivity contribution in [2.24, 2.45) is 0 Å². The Labute approximate surface area is 96.5 Å². The summed E-state index contributed by atoms with van der Waals surface area (Å²) < 4.78 is 4.39. The highest BCUT2D eigenvalue weighted by molar-refractivity contribution is 8.02. The molecule has 1 fully saturated rings. The van der Waals surface area contributed by atoms with Crippen molar-refractivity contribution in [3.63, 3.8) is 0 Å². The standard InChI is InChI=1S/C11H21NO2S/c1-11(2,10(13)14-4)15-9-6-5-7-12(3)8-9/h9H,5-8H2,1-4H3. The Bertz CT molecular complexity index is 231. The molecule has 0 saturated carbocycles. The van der Waals surface area contributed by atoms with Gasteiger partial charge in [-0.1, -0.05) is 0 Å². The molecule has 0 N–H and O–H groups in total. The fourth-order valence-electron chi connectivity index (χ4n) is 1.93. The molecule has 88 valence electrons. The number of ether oxygens (including phenoxy) is 1. The van der Waals surface area contributed by atoms with Crippen molar-refractivity contribution in [2.75, 3.05) is 27.2 Å². The number of hydrogen-bond donors (Lipinski definition) is 0. The van der Waals surface area contributed by atoms with Gasteiger partial charge in [-0.15, -0.1) is 11.8 Å². The molecule has 1 rings (SSSR count). The van der Waals surface area contributed by atoms with E-state index in [1.54, 1.807) is 11.8 Å². The minimum atomic E-state index is -0.419. The molecule has 1 saturated heterocycles. The fraction of sp³-hybridized carbons (Fsp3) is 0.909. The van der Waals surface area contributed by atoms with E-state index in [1.807, 2.05) is 13.8 Å². The summed E-state index contributed by atoms with van der Waals surface area (Å²) in [7, 11) is 3.59. The summed E-state index contributed by atoms with van der Waals surface area (Å²) in [5, 5.41) is 0.554. The zero-order chi connectivity index (χ0) is 11.5. The topological polar surface area (TPSA) is 29.5 Å². The Kier molecular flexibility index (Phi) is 4.46. The number of hydrogen-bond acceptors (Lipinski definition) is 4. The van der Waals surface area contributed by atoms with Crippen molar-refractivity contribution in [1.29, 1.82) is 0 Å². The molecule has 1 unspecified atom stereocenters. The summed E-state index contributed by atoms with van der Waals surface area (Å²) in [5.41, 5.74) is 0. The summed E-state index contributed by atoms with van der Waals surface area (Å²) in [6, 6.07) is 0. The molecule has 0 aromatic carbocycles. The monoisotopic (exact) mass is 231 g/mol. The molecule has 1 atom stereocenters. The van der Waals surface area contributed by atoms with Gasteiger partial charge >= 0.3 is 5.97 Å². The third kappa shape index (κ3) is 3.68. The lowest BCUT2D eigenvalue weighted by Gasteiger charge is -2.33. The van der Waals surface area contributed by atoms with Gasteiger partial charge in [-0.25, -0.2) is 0 Å². The quantitative estimate of drug-likeness (QED) is 0.692. The van der Waals surface area contributed by atoms with Crippen molar-refractivity contribution in [2.45, 2.75) is 36.7 Å². The predicted octanol–water partition coefficient (Wildman–Crippen LogP) is 1.77. The Balaban J connectivity index is 2.49. The lowest BCUT2D eigenvalue weighted by molar-refractivity contribution is -0.142. The molecular weight excluding hydrogens is 210 g/mol. The highest BCUT2D eigenvalue weighted by atomic mass is 32.2. The van der Waals surface area contributed by atoms with Gasteiger partial charge in [0.2, 0.25) is 0 Å². The minimum Gasteiger partial charge on any atom is -0.468 e. The summed E-state index contributed by atoms with van der Waals surface area (Å²) >= 11 is 1.74. The maximum atomic E-state index is 11.5. The number of likely N-dealkylation sites (tertiary alicyclic amines) is 1. The van der Waals surface area contributed by atoms with Crippen LogP contribution >= 0.6 is 11.8 Å². The molecule has 1 aliphatic rings. The lowest BCUT2D eigenvalue weighted by Crippen LogP contribution is -2.38. The smallest absolute Gasteiger partial charge is 0.321 e. The van der Waals surface area contributed by atoms with Crippen LogP contribution in [-0.2, 0) is 9.53 Å². The molecule has 0 radical (unpaired) electrons. The lowest BCUT2D eigenvalue weighted by atomic mass is 10.1. The summed E-state index contributed by atoms with van der Waals surface area (Å²) in [5.74, 6) is -0.124. The Morgan fingerprint density at radius 1 is 1.53 bits per heavy atom. The molecular formula is C11H21NO2S. The summed E-state index contributed by atoms with van der Waals surface area (Å²) in [6.45, 7) is 6.14. The van der Waals surface area contributed by atoms with Gasteiger partial charge < -0.3 is 9.64 Å². The Morgan fingerprint density at radius 2 is 2.20 bits per heavy atom. The van der Waals surface area contributed by atoms with E-state index < -0.39 is 4.75 Å². The Hall–Kier alpha value is -0.220. The number of piperidine rings is 1. The van der Waals surface area contributed by atoms with Gasteiger partial charge in [0.25, 0.3) is 0 Å². The van der Waals surface area contributed by atoms with Crippen LogP contribution in [0.3, 0.4) is 0 Å². The van der Waals surface area contributed by atoms with Crippen molar-refractivity contribution >= 4 is 17.7 Å². The first kappa shape index (κ1) is 12.8. The van der Waals surface area contributed by atoms with Crippen LogP contribution in [0.15, 0.2) is 0 Å². The first-order chi connectivity index (χ1) is 6.95. The number of carbonyl (C=O) groups excluding carboxylic acids is 1. The molecule has 3 nitrogen and oxygen atoms in total. The average molecular weight is 231 g/mol. The van der Waals surface area contributed by atoms with Crippen LogP contribution in [0.5, 0.6) is 0 Å². The molecule has 0 aliphatic carbocycles. The van der Waals surface area contributed by atoms with E-state index in [9.17, 15) is 4.79 Å². The number of rotatable bonds is 3. The largest absolute Gasteiger partial charge is 0.468 e. The maximum Gasteiger partial charge on any atom is 0.321 e. The van der Waals surface area contributed by atoms with Gasteiger partial charge in [-0.2, -0.15) is 0 Å². The zero-order valence-corrected chi connectivity index (χ0v) is 10.9. The van der Waals surface area contributed by atoms with E-state index in [-0.39, 0.29) is 5.97 Å². The van der Waals surface area contributed by atoms with Crippen LogP contribution in [0.25, 0.3) is 0 Å².